The molecule has 0 unspecified atom stereocenters. The van der Waals surface area contributed by atoms with E-state index in [1.54, 1.807) is 36.4 Å². The summed E-state index contributed by atoms with van der Waals surface area (Å²) in [4.78, 5) is 48.4. The van der Waals surface area contributed by atoms with Gasteiger partial charge in [0.1, 0.15) is 36.2 Å². The molecule has 2 N–H and O–H groups in total. The molecule has 264 valence electrons. The summed E-state index contributed by atoms with van der Waals surface area (Å²) in [5, 5.41) is 47.4. The Kier molecular flexibility index (Phi) is 10.3. The molecule has 0 atom stereocenters. The van der Waals surface area contributed by atoms with Crippen LogP contribution in [-0.4, -0.2) is 71.6 Å². The minimum absolute atomic E-state index is 0.0150. The Morgan fingerprint density at radius 1 is 0.510 bits per heavy atom. The normalized spacial score (nSPS) is 15.4. The van der Waals surface area contributed by atoms with E-state index in [1.807, 2.05) is 0 Å². The molecule has 15 nitrogen and oxygen atoms in total. The van der Waals surface area contributed by atoms with Crippen molar-refractivity contribution in [2.75, 3.05) is 39.6 Å². The van der Waals surface area contributed by atoms with Gasteiger partial charge in [-0.1, -0.05) is 36.4 Å². The number of aromatic hydroxyl groups is 2. The molecule has 1 aliphatic heterocycles. The summed E-state index contributed by atoms with van der Waals surface area (Å²) in [6, 6.07) is 14.9. The maximum atomic E-state index is 12.7. The van der Waals surface area contributed by atoms with Crippen LogP contribution in [0.25, 0.3) is 0 Å². The number of esters is 2. The van der Waals surface area contributed by atoms with Crippen molar-refractivity contribution in [1.29, 1.82) is 0 Å². The second kappa shape index (κ2) is 15.1. The van der Waals surface area contributed by atoms with E-state index in [9.17, 15) is 40.0 Å². The number of nitro groups is 2. The van der Waals surface area contributed by atoms with Gasteiger partial charge in [-0.2, -0.15) is 0 Å². The molecular formula is C36H32N2O13. The van der Waals surface area contributed by atoms with Crippen LogP contribution in [0, 0.1) is 20.2 Å². The highest BCUT2D eigenvalue weighted by Gasteiger charge is 2.25. The maximum Gasteiger partial charge on any atom is 0.344 e. The minimum atomic E-state index is -0.745. The third kappa shape index (κ3) is 7.99. The number of phenols is 2. The Bertz CT molecular complexity index is 1790. The van der Waals surface area contributed by atoms with E-state index in [4.69, 9.17) is 23.7 Å². The summed E-state index contributed by atoms with van der Waals surface area (Å²) in [7, 11) is 0. The molecule has 0 radical (unpaired) electrons. The van der Waals surface area contributed by atoms with Gasteiger partial charge in [0.2, 0.25) is 0 Å². The van der Waals surface area contributed by atoms with Crippen LogP contribution in [0.4, 0.5) is 11.4 Å². The van der Waals surface area contributed by atoms with Crippen LogP contribution >= 0.6 is 0 Å². The highest BCUT2D eigenvalue weighted by atomic mass is 16.6. The Balaban J connectivity index is 1.60. The first-order valence-corrected chi connectivity index (χ1v) is 15.9. The predicted octanol–water partition coefficient (Wildman–Crippen LogP) is 4.47. The molecule has 0 aromatic heterocycles. The van der Waals surface area contributed by atoms with Gasteiger partial charge in [0, 0.05) is 72.2 Å². The van der Waals surface area contributed by atoms with Gasteiger partial charge in [0.15, 0.2) is 13.2 Å². The highest BCUT2D eigenvalue weighted by Crippen LogP contribution is 2.40. The zero-order valence-corrected chi connectivity index (χ0v) is 27.1. The van der Waals surface area contributed by atoms with E-state index < -0.39 is 35.0 Å². The number of rotatable bonds is 2. The average Bonchev–Trinajstić information content (AvgIpc) is 3.09. The second-order valence-corrected chi connectivity index (χ2v) is 11.9. The Morgan fingerprint density at radius 2 is 0.843 bits per heavy atom. The number of nitro benzene ring substituents is 2. The molecule has 51 heavy (non-hydrogen) atoms. The van der Waals surface area contributed by atoms with Gasteiger partial charge in [-0.25, -0.2) is 9.59 Å². The van der Waals surface area contributed by atoms with Gasteiger partial charge in [0.25, 0.3) is 11.4 Å². The molecule has 4 aromatic carbocycles. The molecule has 15 heteroatoms. The molecular weight excluding hydrogens is 668 g/mol. The van der Waals surface area contributed by atoms with Crippen LogP contribution in [0.2, 0.25) is 0 Å². The van der Waals surface area contributed by atoms with Crippen LogP contribution in [0.15, 0.2) is 60.7 Å². The second-order valence-electron chi connectivity index (χ2n) is 11.9. The zero-order valence-electron chi connectivity index (χ0n) is 27.1. The third-order valence-corrected chi connectivity index (χ3v) is 8.46. The van der Waals surface area contributed by atoms with Crippen LogP contribution < -0.4 is 9.47 Å². The van der Waals surface area contributed by atoms with Crippen molar-refractivity contribution in [1.82, 2.24) is 0 Å². The summed E-state index contributed by atoms with van der Waals surface area (Å²) in [6.45, 7) is -1.33. The number of carbonyl (C=O) groups excluding carboxylic acids is 2. The molecule has 0 saturated carbocycles. The van der Waals surface area contributed by atoms with Crippen LogP contribution in [0.5, 0.6) is 23.0 Å². The lowest BCUT2D eigenvalue weighted by molar-refractivity contribution is -0.385. The molecule has 10 bridgehead atoms. The minimum Gasteiger partial charge on any atom is -0.507 e. The summed E-state index contributed by atoms with van der Waals surface area (Å²) >= 11 is 0. The van der Waals surface area contributed by atoms with Gasteiger partial charge in [0.05, 0.1) is 23.1 Å². The number of phenolic OH excluding ortho intramolecular Hbond substituents is 2. The number of nitrogens with zero attached hydrogens (tertiary/aromatic N) is 2. The molecule has 4 aromatic rings. The molecule has 6 rings (SSSR count). The standard InChI is InChI=1S/C36H32N2O13/c39-31-19-50-35-21-3-1-4-22(35)12-26-16-30(38(45)46)18-28(34(26)42)14-24-6-2-5-23(13-27-17-29(37(43)44)15-25(11-21)33(27)41)36(24)51-20-32(40)49-10-8-47-7-9-48-31/h1-6,15-18,41-42H,7-14,19-20H2. The smallest absolute Gasteiger partial charge is 0.344 e. The molecule has 1 heterocycles. The number of non-ortho nitro benzene ring substituents is 2. The van der Waals surface area contributed by atoms with Crippen molar-refractivity contribution >= 4 is 23.3 Å². The molecule has 1 aliphatic carbocycles. The zero-order chi connectivity index (χ0) is 36.1. The maximum absolute atomic E-state index is 12.7. The van der Waals surface area contributed by atoms with Gasteiger partial charge in [-0.15, -0.1) is 0 Å². The molecule has 0 fully saturated rings. The Labute approximate surface area is 290 Å². The number of hydrogen-bond acceptors (Lipinski definition) is 13. The van der Waals surface area contributed by atoms with Crippen LogP contribution in [-0.2, 0) is 49.5 Å². The van der Waals surface area contributed by atoms with Crippen molar-refractivity contribution < 1.29 is 53.3 Å². The van der Waals surface area contributed by atoms with E-state index in [0.29, 0.717) is 22.3 Å². The Morgan fingerprint density at radius 3 is 1.16 bits per heavy atom. The van der Waals surface area contributed by atoms with Crippen LogP contribution in [0.1, 0.15) is 44.5 Å². The number of carbonyl (C=O) groups is 2. The number of hydrogen-bond donors (Lipinski definition) is 2. The van der Waals surface area contributed by atoms with E-state index in [0.717, 1.165) is 0 Å². The number of para-hydroxylation sites is 2. The van der Waals surface area contributed by atoms with Crippen molar-refractivity contribution in [3.63, 3.8) is 0 Å². The molecule has 0 spiro atoms. The topological polar surface area (TPSA) is 207 Å². The summed E-state index contributed by atoms with van der Waals surface area (Å²) in [6.07, 6.45) is -0.357. The van der Waals surface area contributed by atoms with E-state index in [2.05, 4.69) is 0 Å². The van der Waals surface area contributed by atoms with Gasteiger partial charge in [-0.05, 0) is 22.3 Å². The van der Waals surface area contributed by atoms with Crippen LogP contribution in [0.3, 0.4) is 0 Å². The highest BCUT2D eigenvalue weighted by molar-refractivity contribution is 5.72. The summed E-state index contributed by atoms with van der Waals surface area (Å²) < 4.78 is 27.9. The lowest BCUT2D eigenvalue weighted by atomic mass is 9.91. The third-order valence-electron chi connectivity index (χ3n) is 8.46. The van der Waals surface area contributed by atoms with Gasteiger partial charge >= 0.3 is 11.9 Å². The van der Waals surface area contributed by atoms with Crippen molar-refractivity contribution in [2.24, 2.45) is 0 Å². The Hall–Kier alpha value is -6.22. The molecule has 2 aliphatic rings. The average molecular weight is 701 g/mol. The SMILES string of the molecule is O=C1COc2c3cccc2Cc2cc([N+](=O)[O-])cc(c2O)Cc2cccc(c2OCC(=O)OCCOCCO1)Cc1cc([N+](=O)[O-])cc(c1O)C3. The fraction of sp³-hybridized carbons (Fsp3) is 0.278. The number of cyclic esters (lactones) is 2. The first-order valence-electron chi connectivity index (χ1n) is 15.9. The van der Waals surface area contributed by atoms with Crippen molar-refractivity contribution in [3.8, 4) is 23.0 Å². The van der Waals surface area contributed by atoms with E-state index >= 15 is 0 Å². The van der Waals surface area contributed by atoms with E-state index in [-0.39, 0.29) is 109 Å². The number of ether oxygens (including phenoxy) is 5. The fourth-order valence-corrected chi connectivity index (χ4v) is 6.13. The number of benzene rings is 4. The lowest BCUT2D eigenvalue weighted by Gasteiger charge is -2.20. The lowest BCUT2D eigenvalue weighted by Crippen LogP contribution is -2.21. The quantitative estimate of drug-likeness (QED) is 0.148. The van der Waals surface area contributed by atoms with E-state index in [1.165, 1.54) is 24.3 Å². The summed E-state index contributed by atoms with van der Waals surface area (Å²) in [5.74, 6) is -1.60. The van der Waals surface area contributed by atoms with Gasteiger partial charge < -0.3 is 33.9 Å². The van der Waals surface area contributed by atoms with Crippen molar-refractivity contribution in [3.05, 3.63) is 125 Å². The van der Waals surface area contributed by atoms with Crippen molar-refractivity contribution in [2.45, 2.75) is 25.7 Å². The molecule has 0 amide bonds. The van der Waals surface area contributed by atoms with Gasteiger partial charge in [-0.3, -0.25) is 20.2 Å². The monoisotopic (exact) mass is 700 g/mol. The summed E-state index contributed by atoms with van der Waals surface area (Å²) in [5.41, 5.74) is 1.85. The first-order chi connectivity index (χ1) is 24.6. The largest absolute Gasteiger partial charge is 0.507 e. The number of fused-ring (bicyclic) bond motifs is 2. The fourth-order valence-electron chi connectivity index (χ4n) is 6.13. The molecule has 0 saturated heterocycles. The predicted molar refractivity (Wildman–Crippen MR) is 177 cm³/mol. The first kappa shape index (κ1) is 34.6.